The Balaban J connectivity index is 1.68. The Morgan fingerprint density at radius 1 is 0.806 bits per heavy atom. The predicted octanol–water partition coefficient (Wildman–Crippen LogP) is 7.83. The molecule has 2 heterocycles. The lowest BCUT2D eigenvalue weighted by molar-refractivity contribution is 0.748. The summed E-state index contributed by atoms with van der Waals surface area (Å²) in [6.07, 6.45) is 6.82. The summed E-state index contributed by atoms with van der Waals surface area (Å²) in [5.41, 5.74) is 12.6. The first-order valence-corrected chi connectivity index (χ1v) is 12.4. The van der Waals surface area contributed by atoms with Crippen LogP contribution < -0.4 is 5.73 Å². The van der Waals surface area contributed by atoms with Crippen LogP contribution in [0.1, 0.15) is 43.7 Å². The molecule has 3 heteroatoms. The van der Waals surface area contributed by atoms with Crippen molar-refractivity contribution in [2.75, 3.05) is 6.54 Å². The quantitative estimate of drug-likeness (QED) is 0.244. The predicted molar refractivity (Wildman–Crippen MR) is 137 cm³/mol. The number of para-hydroxylation sites is 1. The molecule has 0 saturated heterocycles. The first-order valence-electron chi connectivity index (χ1n) is 11.5. The number of nitrogens with two attached hydrogens (primary N) is 1. The second-order valence-corrected chi connectivity index (χ2v) is 9.56. The third kappa shape index (κ3) is 3.77. The average Bonchev–Trinajstić information content (AvgIpc) is 3.36. The minimum Gasteiger partial charge on any atom is -0.354 e. The topological polar surface area (TPSA) is 41.8 Å². The zero-order chi connectivity index (χ0) is 21.2. The summed E-state index contributed by atoms with van der Waals surface area (Å²) in [5, 5.41) is 4.10. The van der Waals surface area contributed by atoms with Gasteiger partial charge in [0.1, 0.15) is 0 Å². The Labute approximate surface area is 188 Å². The number of hydrogen-bond donors (Lipinski definition) is 2. The van der Waals surface area contributed by atoms with E-state index >= 15 is 0 Å². The minimum atomic E-state index is 0.756. The lowest BCUT2D eigenvalue weighted by atomic mass is 9.98. The van der Waals surface area contributed by atoms with Crippen molar-refractivity contribution in [3.05, 3.63) is 71.8 Å². The van der Waals surface area contributed by atoms with E-state index in [0.29, 0.717) is 0 Å². The number of fused-ring (bicyclic) bond motifs is 4. The fourth-order valence-electron chi connectivity index (χ4n) is 4.74. The second-order valence-electron chi connectivity index (χ2n) is 8.48. The Bertz CT molecular complexity index is 1340. The number of rotatable bonds is 8. The minimum absolute atomic E-state index is 0.756. The van der Waals surface area contributed by atoms with E-state index in [1.807, 2.05) is 11.3 Å². The van der Waals surface area contributed by atoms with Crippen molar-refractivity contribution in [2.45, 2.75) is 45.4 Å². The monoisotopic (exact) mass is 426 g/mol. The van der Waals surface area contributed by atoms with E-state index in [9.17, 15) is 0 Å². The van der Waals surface area contributed by atoms with Crippen LogP contribution in [0, 0.1) is 0 Å². The zero-order valence-electron chi connectivity index (χ0n) is 18.2. The number of benzene rings is 3. The summed E-state index contributed by atoms with van der Waals surface area (Å²) >= 11 is 1.88. The third-order valence-electron chi connectivity index (χ3n) is 6.37. The van der Waals surface area contributed by atoms with E-state index in [1.54, 1.807) is 0 Å². The summed E-state index contributed by atoms with van der Waals surface area (Å²) in [5.74, 6) is 0. The number of nitrogens with one attached hydrogen (secondary N) is 1. The molecule has 2 nitrogen and oxygen atoms in total. The highest BCUT2D eigenvalue weighted by Crippen LogP contribution is 2.39. The highest BCUT2D eigenvalue weighted by molar-refractivity contribution is 7.25. The molecule has 3 aromatic carbocycles. The highest BCUT2D eigenvalue weighted by Gasteiger charge is 2.16. The summed E-state index contributed by atoms with van der Waals surface area (Å²) in [6.45, 7) is 3.02. The molecule has 0 aliphatic rings. The number of unbranched alkanes of at least 4 members (excludes halogenated alkanes) is 2. The van der Waals surface area contributed by atoms with E-state index in [2.05, 4.69) is 72.6 Å². The molecule has 0 bridgehead atoms. The molecule has 2 aromatic heterocycles. The van der Waals surface area contributed by atoms with Crippen LogP contribution in [0.3, 0.4) is 0 Å². The lowest BCUT2D eigenvalue weighted by Crippen LogP contribution is -1.99. The van der Waals surface area contributed by atoms with Crippen LogP contribution in [-0.4, -0.2) is 11.5 Å². The van der Waals surface area contributed by atoms with Crippen LogP contribution in [-0.2, 0) is 12.8 Å². The van der Waals surface area contributed by atoms with Crippen molar-refractivity contribution >= 4 is 42.4 Å². The summed E-state index contributed by atoms with van der Waals surface area (Å²) in [4.78, 5) is 3.86. The maximum atomic E-state index is 5.81. The van der Waals surface area contributed by atoms with Crippen molar-refractivity contribution in [1.29, 1.82) is 0 Å². The molecule has 0 aliphatic heterocycles. The van der Waals surface area contributed by atoms with Crippen LogP contribution in [0.4, 0.5) is 0 Å². The average molecular weight is 427 g/mol. The number of aryl methyl sites for hydroxylation is 2. The lowest BCUT2D eigenvalue weighted by Gasteiger charge is -2.06. The Morgan fingerprint density at radius 2 is 1.65 bits per heavy atom. The van der Waals surface area contributed by atoms with Crippen LogP contribution in [0.2, 0.25) is 0 Å². The molecule has 3 N–H and O–H groups in total. The Kier molecular flexibility index (Phi) is 5.80. The molecule has 0 aliphatic carbocycles. The van der Waals surface area contributed by atoms with Gasteiger partial charge in [0.15, 0.2) is 0 Å². The first kappa shape index (κ1) is 20.3. The molecule has 31 heavy (non-hydrogen) atoms. The SMILES string of the molecule is CCCCc1cccc2c(CCCCN)c(-c3ccc4sc5ccccc5c4c3)[nH]c12. The van der Waals surface area contributed by atoms with Crippen LogP contribution >= 0.6 is 11.3 Å². The molecule has 5 rings (SSSR count). The molecule has 0 spiro atoms. The van der Waals surface area contributed by atoms with Crippen molar-refractivity contribution in [3.8, 4) is 11.3 Å². The Hall–Kier alpha value is -2.62. The second kappa shape index (κ2) is 8.86. The number of thiophene rings is 1. The molecule has 0 radical (unpaired) electrons. The standard InChI is InChI=1S/C28H30N2S/c1-2-3-9-19-10-8-13-23-22(12-6-7-17-29)28(30-27(19)23)20-15-16-26-24(18-20)21-11-4-5-14-25(21)31-26/h4-5,8,10-11,13-16,18,30H,2-3,6-7,9,12,17,29H2,1H3. The van der Waals surface area contributed by atoms with E-state index in [0.717, 1.165) is 32.2 Å². The number of H-pyrrole nitrogens is 1. The fourth-order valence-corrected chi connectivity index (χ4v) is 5.83. The number of aromatic amines is 1. The van der Waals surface area contributed by atoms with Gasteiger partial charge in [-0.1, -0.05) is 55.8 Å². The number of hydrogen-bond acceptors (Lipinski definition) is 2. The van der Waals surface area contributed by atoms with Gasteiger partial charge in [0, 0.05) is 36.8 Å². The maximum Gasteiger partial charge on any atom is 0.0497 e. The van der Waals surface area contributed by atoms with Crippen LogP contribution in [0.5, 0.6) is 0 Å². The summed E-state index contributed by atoms with van der Waals surface area (Å²) in [6, 6.07) is 22.5. The van der Waals surface area contributed by atoms with Gasteiger partial charge in [-0.15, -0.1) is 11.3 Å². The summed E-state index contributed by atoms with van der Waals surface area (Å²) < 4.78 is 2.71. The van der Waals surface area contributed by atoms with Gasteiger partial charge < -0.3 is 10.7 Å². The van der Waals surface area contributed by atoms with Gasteiger partial charge in [-0.3, -0.25) is 0 Å². The molecule has 5 aromatic rings. The maximum absolute atomic E-state index is 5.81. The van der Waals surface area contributed by atoms with Gasteiger partial charge in [-0.25, -0.2) is 0 Å². The summed E-state index contributed by atoms with van der Waals surface area (Å²) in [7, 11) is 0. The van der Waals surface area contributed by atoms with Crippen molar-refractivity contribution < 1.29 is 0 Å². The fraction of sp³-hybridized carbons (Fsp3) is 0.286. The highest BCUT2D eigenvalue weighted by atomic mass is 32.1. The van der Waals surface area contributed by atoms with Crippen LogP contribution in [0.25, 0.3) is 42.3 Å². The molecule has 158 valence electrons. The molecule has 0 atom stereocenters. The van der Waals surface area contributed by atoms with Crippen molar-refractivity contribution in [1.82, 2.24) is 4.98 Å². The molecule has 0 fully saturated rings. The van der Waals surface area contributed by atoms with Gasteiger partial charge >= 0.3 is 0 Å². The largest absolute Gasteiger partial charge is 0.354 e. The zero-order valence-corrected chi connectivity index (χ0v) is 19.0. The third-order valence-corrected chi connectivity index (χ3v) is 7.53. The van der Waals surface area contributed by atoms with E-state index in [-0.39, 0.29) is 0 Å². The van der Waals surface area contributed by atoms with Gasteiger partial charge in [0.05, 0.1) is 0 Å². The van der Waals surface area contributed by atoms with Crippen molar-refractivity contribution in [2.24, 2.45) is 5.73 Å². The van der Waals surface area contributed by atoms with E-state index in [1.165, 1.54) is 66.3 Å². The van der Waals surface area contributed by atoms with Gasteiger partial charge in [0.2, 0.25) is 0 Å². The smallest absolute Gasteiger partial charge is 0.0497 e. The van der Waals surface area contributed by atoms with Crippen molar-refractivity contribution in [3.63, 3.8) is 0 Å². The Morgan fingerprint density at radius 3 is 2.52 bits per heavy atom. The molecule has 0 saturated carbocycles. The molecular formula is C28H30N2S. The molecule has 0 unspecified atom stereocenters. The van der Waals surface area contributed by atoms with E-state index in [4.69, 9.17) is 5.73 Å². The molecule has 0 amide bonds. The van der Waals surface area contributed by atoms with Gasteiger partial charge in [-0.2, -0.15) is 0 Å². The van der Waals surface area contributed by atoms with E-state index < -0.39 is 0 Å². The normalized spacial score (nSPS) is 11.8. The van der Waals surface area contributed by atoms with Gasteiger partial charge in [0.25, 0.3) is 0 Å². The number of aromatic nitrogens is 1. The van der Waals surface area contributed by atoms with Crippen LogP contribution in [0.15, 0.2) is 60.7 Å². The first-order chi connectivity index (χ1) is 15.3. The molecular weight excluding hydrogens is 396 g/mol. The van der Waals surface area contributed by atoms with Gasteiger partial charge in [-0.05, 0) is 73.5 Å².